The maximum atomic E-state index is 12.6. The van der Waals surface area contributed by atoms with E-state index < -0.39 is 0 Å². The molecular formula is C39H50N4O3. The van der Waals surface area contributed by atoms with Gasteiger partial charge in [0.2, 0.25) is 5.91 Å². The first-order valence-corrected chi connectivity index (χ1v) is 17.3. The number of nitrogens with one attached hydrogen (secondary N) is 1. The molecule has 0 aliphatic heterocycles. The van der Waals surface area contributed by atoms with Crippen LogP contribution in [0.1, 0.15) is 110 Å². The van der Waals surface area contributed by atoms with Crippen molar-refractivity contribution in [1.82, 2.24) is 15.0 Å². The fraction of sp³-hybridized carbons (Fsp3) is 0.436. The quantitative estimate of drug-likeness (QED) is 0.0846. The number of carbonyl (C=O) groups is 1. The number of unbranched alkanes of at least 4 members (excludes halogenated alkanes) is 14. The Kier molecular flexibility index (Phi) is 14.5. The van der Waals surface area contributed by atoms with Crippen molar-refractivity contribution in [1.29, 1.82) is 0 Å². The Hall–Kier alpha value is -4.26. The number of aromatic nitrogens is 3. The van der Waals surface area contributed by atoms with Gasteiger partial charge in [-0.1, -0.05) is 121 Å². The molecule has 4 rings (SSSR count). The summed E-state index contributed by atoms with van der Waals surface area (Å²) in [4.78, 5) is 26.4. The molecule has 0 aliphatic carbocycles. The first-order valence-electron chi connectivity index (χ1n) is 17.3. The van der Waals surface area contributed by atoms with Gasteiger partial charge in [0.1, 0.15) is 11.5 Å². The van der Waals surface area contributed by atoms with Crippen LogP contribution in [0.3, 0.4) is 0 Å². The molecule has 46 heavy (non-hydrogen) atoms. The summed E-state index contributed by atoms with van der Waals surface area (Å²) in [7, 11) is 0. The number of rotatable bonds is 20. The lowest BCUT2D eigenvalue weighted by Gasteiger charge is -2.10. The zero-order valence-corrected chi connectivity index (χ0v) is 27.4. The fourth-order valence-electron chi connectivity index (χ4n) is 5.65. The van der Waals surface area contributed by atoms with Gasteiger partial charge in [-0.2, -0.15) is 0 Å². The molecule has 0 saturated carbocycles. The number of hydrogen-bond acceptors (Lipinski definition) is 6. The second-order valence-electron chi connectivity index (χ2n) is 12.2. The van der Waals surface area contributed by atoms with Gasteiger partial charge in [-0.3, -0.25) is 4.79 Å². The molecule has 244 valence electrons. The lowest BCUT2D eigenvalue weighted by Crippen LogP contribution is -2.11. The van der Waals surface area contributed by atoms with Gasteiger partial charge in [-0.15, -0.1) is 0 Å². The van der Waals surface area contributed by atoms with Crippen molar-refractivity contribution in [2.75, 3.05) is 5.32 Å². The van der Waals surface area contributed by atoms with Crippen LogP contribution in [0.25, 0.3) is 34.2 Å². The van der Waals surface area contributed by atoms with Gasteiger partial charge in [0.15, 0.2) is 17.5 Å². The standard InChI is InChI=1S/C39H50N4O3/c1-2-3-4-5-6-7-8-9-10-11-12-13-14-15-16-25-36(46)40-31-28-26-30(27-29-31)37-41-38(32-21-17-19-23-34(32)44)43-39(42-37)33-22-18-20-24-35(33)45/h17-24,26-29,44-45H,2-16,25H2,1H3,(H,40,46). The van der Waals surface area contributed by atoms with Gasteiger partial charge in [-0.05, 0) is 55.0 Å². The van der Waals surface area contributed by atoms with Crippen molar-refractivity contribution in [3.63, 3.8) is 0 Å². The normalized spacial score (nSPS) is 11.1. The molecule has 7 heteroatoms. The predicted molar refractivity (Wildman–Crippen MR) is 188 cm³/mol. The van der Waals surface area contributed by atoms with Gasteiger partial charge in [0.25, 0.3) is 0 Å². The third-order valence-electron chi connectivity index (χ3n) is 8.36. The van der Waals surface area contributed by atoms with Crippen molar-refractivity contribution in [2.45, 2.75) is 110 Å². The van der Waals surface area contributed by atoms with Crippen LogP contribution in [0.4, 0.5) is 5.69 Å². The van der Waals surface area contributed by atoms with Crippen LogP contribution in [0.15, 0.2) is 72.8 Å². The van der Waals surface area contributed by atoms with E-state index in [9.17, 15) is 15.0 Å². The average molecular weight is 623 g/mol. The van der Waals surface area contributed by atoms with Crippen LogP contribution in [-0.4, -0.2) is 31.1 Å². The molecule has 0 radical (unpaired) electrons. The highest BCUT2D eigenvalue weighted by atomic mass is 16.3. The van der Waals surface area contributed by atoms with Crippen molar-refractivity contribution in [3.8, 4) is 45.7 Å². The van der Waals surface area contributed by atoms with E-state index in [4.69, 9.17) is 0 Å². The molecule has 1 heterocycles. The molecule has 0 saturated heterocycles. The molecule has 0 bridgehead atoms. The van der Waals surface area contributed by atoms with Crippen molar-refractivity contribution < 1.29 is 15.0 Å². The average Bonchev–Trinajstić information content (AvgIpc) is 3.07. The van der Waals surface area contributed by atoms with E-state index in [2.05, 4.69) is 27.2 Å². The first-order chi connectivity index (χ1) is 22.5. The monoisotopic (exact) mass is 622 g/mol. The predicted octanol–water partition coefficient (Wildman–Crippen LogP) is 10.5. The minimum Gasteiger partial charge on any atom is -0.507 e. The number of amides is 1. The summed E-state index contributed by atoms with van der Waals surface area (Å²) < 4.78 is 0. The first kappa shape index (κ1) is 34.6. The van der Waals surface area contributed by atoms with Gasteiger partial charge in [0, 0.05) is 17.7 Å². The maximum absolute atomic E-state index is 12.6. The van der Waals surface area contributed by atoms with E-state index in [1.807, 2.05) is 24.3 Å². The molecule has 1 amide bonds. The van der Waals surface area contributed by atoms with E-state index in [-0.39, 0.29) is 17.4 Å². The van der Waals surface area contributed by atoms with Crippen LogP contribution in [0.5, 0.6) is 11.5 Å². The Bertz CT molecular complexity index is 1430. The van der Waals surface area contributed by atoms with Crippen molar-refractivity contribution in [2.24, 2.45) is 0 Å². The van der Waals surface area contributed by atoms with Gasteiger partial charge in [0.05, 0.1) is 11.1 Å². The Morgan fingerprint density at radius 3 is 1.41 bits per heavy atom. The van der Waals surface area contributed by atoms with Crippen LogP contribution < -0.4 is 5.32 Å². The zero-order chi connectivity index (χ0) is 32.4. The Labute approximate surface area is 274 Å². The zero-order valence-electron chi connectivity index (χ0n) is 27.4. The summed E-state index contributed by atoms with van der Waals surface area (Å²) >= 11 is 0. The van der Waals surface area contributed by atoms with Crippen LogP contribution >= 0.6 is 0 Å². The molecule has 4 aromatic rings. The smallest absolute Gasteiger partial charge is 0.224 e. The van der Waals surface area contributed by atoms with Crippen molar-refractivity contribution >= 4 is 11.6 Å². The van der Waals surface area contributed by atoms with Gasteiger partial charge < -0.3 is 15.5 Å². The second-order valence-corrected chi connectivity index (χ2v) is 12.2. The SMILES string of the molecule is CCCCCCCCCCCCCCCCCC(=O)Nc1ccc(-c2nc(-c3ccccc3O)nc(-c3ccccc3O)n2)cc1. The van der Waals surface area contributed by atoms with E-state index in [1.54, 1.807) is 48.5 Å². The van der Waals surface area contributed by atoms with E-state index in [1.165, 1.54) is 83.5 Å². The van der Waals surface area contributed by atoms with Crippen molar-refractivity contribution in [3.05, 3.63) is 72.8 Å². The molecule has 0 atom stereocenters. The van der Waals surface area contributed by atoms with Gasteiger partial charge >= 0.3 is 0 Å². The maximum Gasteiger partial charge on any atom is 0.224 e. The molecule has 0 unspecified atom stereocenters. The molecule has 0 spiro atoms. The van der Waals surface area contributed by atoms with E-state index >= 15 is 0 Å². The Morgan fingerprint density at radius 1 is 0.543 bits per heavy atom. The highest BCUT2D eigenvalue weighted by Gasteiger charge is 2.16. The number of anilines is 1. The lowest BCUT2D eigenvalue weighted by molar-refractivity contribution is -0.116. The summed E-state index contributed by atoms with van der Waals surface area (Å²) in [6.07, 6.45) is 20.1. The Balaban J connectivity index is 1.21. The molecular weight excluding hydrogens is 572 g/mol. The highest BCUT2D eigenvalue weighted by molar-refractivity contribution is 5.90. The molecule has 0 aliphatic rings. The third-order valence-corrected chi connectivity index (χ3v) is 8.36. The largest absolute Gasteiger partial charge is 0.507 e. The summed E-state index contributed by atoms with van der Waals surface area (Å²) in [6, 6.07) is 21.1. The number of hydrogen-bond donors (Lipinski definition) is 3. The third kappa shape index (κ3) is 11.3. The van der Waals surface area contributed by atoms with Crippen LogP contribution in [0.2, 0.25) is 0 Å². The van der Waals surface area contributed by atoms with Crippen LogP contribution in [-0.2, 0) is 4.79 Å². The van der Waals surface area contributed by atoms with Gasteiger partial charge in [-0.25, -0.2) is 15.0 Å². The molecule has 0 fully saturated rings. The summed E-state index contributed by atoms with van der Waals surface area (Å²) in [5.74, 6) is 1.10. The summed E-state index contributed by atoms with van der Waals surface area (Å²) in [5, 5.41) is 23.9. The van der Waals surface area contributed by atoms with E-state index in [0.29, 0.717) is 40.7 Å². The topological polar surface area (TPSA) is 108 Å². The van der Waals surface area contributed by atoms with Crippen LogP contribution in [0, 0.1) is 0 Å². The molecule has 3 N–H and O–H groups in total. The minimum absolute atomic E-state index is 0.0197. The number of phenols is 2. The highest BCUT2D eigenvalue weighted by Crippen LogP contribution is 2.32. The molecule has 7 nitrogen and oxygen atoms in total. The number of para-hydroxylation sites is 2. The Morgan fingerprint density at radius 2 is 0.957 bits per heavy atom. The minimum atomic E-state index is 0.0197. The number of aromatic hydroxyl groups is 2. The number of benzene rings is 3. The summed E-state index contributed by atoms with van der Waals surface area (Å²) in [5.41, 5.74) is 2.36. The lowest BCUT2D eigenvalue weighted by atomic mass is 10.0. The number of carbonyl (C=O) groups excluding carboxylic acids is 1. The second kappa shape index (κ2) is 19.3. The van der Waals surface area contributed by atoms with E-state index in [0.717, 1.165) is 18.4 Å². The number of phenolic OH excluding ortho intramolecular Hbond substituents is 2. The summed E-state index contributed by atoms with van der Waals surface area (Å²) in [6.45, 7) is 2.27. The molecule has 3 aromatic carbocycles. The number of nitrogens with zero attached hydrogens (tertiary/aromatic N) is 3. The molecule has 1 aromatic heterocycles. The fourth-order valence-corrected chi connectivity index (χ4v) is 5.65.